The summed E-state index contributed by atoms with van der Waals surface area (Å²) in [5.41, 5.74) is 0. The lowest BCUT2D eigenvalue weighted by atomic mass is 10.5. The standard InChI is InChI=1S/C6H8O4/c1-3-5(6(8)9)10-4(2)7/h3H,1-2H3,(H,8,9). The van der Waals surface area contributed by atoms with Gasteiger partial charge in [-0.2, -0.15) is 0 Å². The fraction of sp³-hybridized carbons (Fsp3) is 0.333. The van der Waals surface area contributed by atoms with Crippen LogP contribution < -0.4 is 0 Å². The van der Waals surface area contributed by atoms with Crippen molar-refractivity contribution in [3.63, 3.8) is 0 Å². The Morgan fingerprint density at radius 3 is 2.10 bits per heavy atom. The van der Waals surface area contributed by atoms with Crippen LogP contribution >= 0.6 is 0 Å². The molecule has 0 saturated carbocycles. The first-order valence-electron chi connectivity index (χ1n) is 2.66. The van der Waals surface area contributed by atoms with Gasteiger partial charge < -0.3 is 9.84 Å². The summed E-state index contributed by atoms with van der Waals surface area (Å²) in [6.07, 6.45) is 1.21. The summed E-state index contributed by atoms with van der Waals surface area (Å²) in [5, 5.41) is 8.28. The Morgan fingerprint density at radius 2 is 2.00 bits per heavy atom. The van der Waals surface area contributed by atoms with Crippen LogP contribution in [0.5, 0.6) is 0 Å². The SMILES string of the molecule is CC=C(OC(C)=O)C(=O)O. The molecule has 0 heterocycles. The summed E-state index contributed by atoms with van der Waals surface area (Å²) in [5.74, 6) is -2.21. The van der Waals surface area contributed by atoms with Gasteiger partial charge in [0.1, 0.15) is 0 Å². The Hall–Kier alpha value is -1.32. The van der Waals surface area contributed by atoms with Gasteiger partial charge in [0.2, 0.25) is 5.76 Å². The first-order valence-corrected chi connectivity index (χ1v) is 2.66. The lowest BCUT2D eigenvalue weighted by molar-refractivity contribution is -0.146. The minimum atomic E-state index is -1.24. The number of hydrogen-bond donors (Lipinski definition) is 1. The van der Waals surface area contributed by atoms with Crippen molar-refractivity contribution in [2.45, 2.75) is 13.8 Å². The van der Waals surface area contributed by atoms with E-state index in [9.17, 15) is 9.59 Å². The van der Waals surface area contributed by atoms with Crippen LogP contribution in [0, 0.1) is 0 Å². The number of rotatable bonds is 2. The van der Waals surface area contributed by atoms with Crippen molar-refractivity contribution in [2.24, 2.45) is 0 Å². The number of hydrogen-bond acceptors (Lipinski definition) is 3. The van der Waals surface area contributed by atoms with Crippen LogP contribution in [0.4, 0.5) is 0 Å². The maximum Gasteiger partial charge on any atom is 0.371 e. The molecule has 0 spiro atoms. The number of carbonyl (C=O) groups excluding carboxylic acids is 1. The predicted octanol–water partition coefficient (Wildman–Crippen LogP) is 0.538. The summed E-state index contributed by atoms with van der Waals surface area (Å²) < 4.78 is 4.28. The topological polar surface area (TPSA) is 63.6 Å². The Kier molecular flexibility index (Phi) is 3.17. The van der Waals surface area contributed by atoms with Gasteiger partial charge in [0, 0.05) is 6.92 Å². The fourth-order valence-corrected chi connectivity index (χ4v) is 0.381. The molecule has 0 saturated heterocycles. The third-order valence-electron chi connectivity index (χ3n) is 0.727. The van der Waals surface area contributed by atoms with E-state index in [1.807, 2.05) is 0 Å². The molecule has 0 atom stereocenters. The molecule has 4 nitrogen and oxygen atoms in total. The molecule has 10 heavy (non-hydrogen) atoms. The third-order valence-corrected chi connectivity index (χ3v) is 0.727. The van der Waals surface area contributed by atoms with Gasteiger partial charge in [-0.1, -0.05) is 0 Å². The molecule has 0 bridgehead atoms. The Morgan fingerprint density at radius 1 is 1.50 bits per heavy atom. The molecule has 0 aromatic rings. The van der Waals surface area contributed by atoms with Gasteiger partial charge in [-0.3, -0.25) is 4.79 Å². The van der Waals surface area contributed by atoms with Crippen molar-refractivity contribution in [3.8, 4) is 0 Å². The molecule has 0 aliphatic heterocycles. The van der Waals surface area contributed by atoms with E-state index < -0.39 is 11.9 Å². The Balaban J connectivity index is 4.12. The van der Waals surface area contributed by atoms with Crippen LogP contribution in [-0.2, 0) is 14.3 Å². The maximum atomic E-state index is 10.2. The molecule has 0 rings (SSSR count). The summed E-state index contributed by atoms with van der Waals surface area (Å²) in [7, 11) is 0. The van der Waals surface area contributed by atoms with Crippen molar-refractivity contribution in [3.05, 3.63) is 11.8 Å². The molecule has 0 fully saturated rings. The van der Waals surface area contributed by atoms with Gasteiger partial charge in [0.25, 0.3) is 0 Å². The first-order chi connectivity index (χ1) is 4.57. The van der Waals surface area contributed by atoms with Gasteiger partial charge in [-0.05, 0) is 13.0 Å². The van der Waals surface area contributed by atoms with Gasteiger partial charge in [-0.15, -0.1) is 0 Å². The third kappa shape index (κ3) is 2.86. The highest BCUT2D eigenvalue weighted by molar-refractivity contribution is 5.87. The summed E-state index contributed by atoms with van der Waals surface area (Å²) in [6.45, 7) is 2.62. The van der Waals surface area contributed by atoms with E-state index in [-0.39, 0.29) is 5.76 Å². The van der Waals surface area contributed by atoms with Crippen LogP contribution in [0.2, 0.25) is 0 Å². The number of aliphatic carboxylic acids is 1. The molecule has 0 aromatic carbocycles. The number of esters is 1. The van der Waals surface area contributed by atoms with Gasteiger partial charge >= 0.3 is 11.9 Å². The highest BCUT2D eigenvalue weighted by Gasteiger charge is 2.08. The molecular formula is C6H8O4. The summed E-state index contributed by atoms with van der Waals surface area (Å²) in [4.78, 5) is 20.3. The fourth-order valence-electron chi connectivity index (χ4n) is 0.381. The van der Waals surface area contributed by atoms with Crippen LogP contribution in [-0.4, -0.2) is 17.0 Å². The van der Waals surface area contributed by atoms with E-state index in [0.29, 0.717) is 0 Å². The Bertz CT molecular complexity index is 180. The van der Waals surface area contributed by atoms with E-state index in [4.69, 9.17) is 5.11 Å². The first kappa shape index (κ1) is 8.68. The average Bonchev–Trinajstić information content (AvgIpc) is 1.81. The summed E-state index contributed by atoms with van der Waals surface area (Å²) >= 11 is 0. The van der Waals surface area contributed by atoms with Crippen LogP contribution in [0.15, 0.2) is 11.8 Å². The number of allylic oxidation sites excluding steroid dienone is 1. The summed E-state index contributed by atoms with van der Waals surface area (Å²) in [6, 6.07) is 0. The number of ether oxygens (including phenoxy) is 1. The highest BCUT2D eigenvalue weighted by atomic mass is 16.6. The van der Waals surface area contributed by atoms with Gasteiger partial charge in [0.15, 0.2) is 0 Å². The molecule has 56 valence electrons. The normalized spacial score (nSPS) is 10.8. The minimum Gasteiger partial charge on any atom is -0.475 e. The van der Waals surface area contributed by atoms with Crippen molar-refractivity contribution >= 4 is 11.9 Å². The zero-order valence-corrected chi connectivity index (χ0v) is 5.75. The maximum absolute atomic E-state index is 10.2. The van der Waals surface area contributed by atoms with E-state index >= 15 is 0 Å². The number of carboxylic acids is 1. The largest absolute Gasteiger partial charge is 0.475 e. The molecule has 0 aliphatic rings. The Labute approximate surface area is 58.1 Å². The number of carboxylic acid groups (broad SMARTS) is 1. The van der Waals surface area contributed by atoms with Crippen molar-refractivity contribution in [1.29, 1.82) is 0 Å². The second-order valence-corrected chi connectivity index (χ2v) is 1.55. The van der Waals surface area contributed by atoms with Gasteiger partial charge in [-0.25, -0.2) is 4.79 Å². The molecule has 4 heteroatoms. The molecule has 1 N–H and O–H groups in total. The average molecular weight is 144 g/mol. The van der Waals surface area contributed by atoms with Crippen molar-refractivity contribution in [1.82, 2.24) is 0 Å². The molecule has 0 unspecified atom stereocenters. The highest BCUT2D eigenvalue weighted by Crippen LogP contribution is 1.96. The van der Waals surface area contributed by atoms with E-state index in [2.05, 4.69) is 4.74 Å². The van der Waals surface area contributed by atoms with Crippen LogP contribution in [0.1, 0.15) is 13.8 Å². The second-order valence-electron chi connectivity index (χ2n) is 1.55. The van der Waals surface area contributed by atoms with E-state index in [0.717, 1.165) is 6.92 Å². The quantitative estimate of drug-likeness (QED) is 0.349. The van der Waals surface area contributed by atoms with E-state index in [1.165, 1.54) is 13.0 Å². The zero-order chi connectivity index (χ0) is 8.15. The predicted molar refractivity (Wildman–Crippen MR) is 33.2 cm³/mol. The van der Waals surface area contributed by atoms with E-state index in [1.54, 1.807) is 0 Å². The second kappa shape index (κ2) is 3.66. The molecule has 0 aromatic heterocycles. The minimum absolute atomic E-state index is 0.340. The van der Waals surface area contributed by atoms with Crippen LogP contribution in [0.3, 0.4) is 0 Å². The monoisotopic (exact) mass is 144 g/mol. The number of carbonyl (C=O) groups is 2. The smallest absolute Gasteiger partial charge is 0.371 e. The zero-order valence-electron chi connectivity index (χ0n) is 5.75. The lowest BCUT2D eigenvalue weighted by Crippen LogP contribution is -2.07. The molecule has 0 amide bonds. The van der Waals surface area contributed by atoms with Crippen molar-refractivity contribution in [2.75, 3.05) is 0 Å². The molecule has 0 aliphatic carbocycles. The van der Waals surface area contributed by atoms with Gasteiger partial charge in [0.05, 0.1) is 0 Å². The molecule has 0 radical (unpaired) electrons. The van der Waals surface area contributed by atoms with Crippen molar-refractivity contribution < 1.29 is 19.4 Å². The molecular weight excluding hydrogens is 136 g/mol. The lowest BCUT2D eigenvalue weighted by Gasteiger charge is -1.98. The van der Waals surface area contributed by atoms with Crippen LogP contribution in [0.25, 0.3) is 0 Å².